The number of unbranched alkanes of at least 4 members (excludes halogenated alkanes) is 14. The predicted octanol–water partition coefficient (Wildman–Crippen LogP) is 6.22. The van der Waals surface area contributed by atoms with E-state index in [1.54, 1.807) is 13.8 Å². The monoisotopic (exact) mass is 465 g/mol. The summed E-state index contributed by atoms with van der Waals surface area (Å²) in [6.45, 7) is 5.99. The maximum atomic E-state index is 12.1. The molecule has 0 aliphatic heterocycles. The Morgan fingerprint density at radius 3 is 1.61 bits per heavy atom. The molecule has 186 valence electrons. The summed E-state index contributed by atoms with van der Waals surface area (Å²) in [5, 5.41) is 2.53. The quantitative estimate of drug-likeness (QED) is 0.0995. The summed E-state index contributed by atoms with van der Waals surface area (Å²) in [5.41, 5.74) is 0. The van der Waals surface area contributed by atoms with E-state index in [-0.39, 0.29) is 5.91 Å². The van der Waals surface area contributed by atoms with Gasteiger partial charge in [0.25, 0.3) is 0 Å². The Morgan fingerprint density at radius 2 is 1.23 bits per heavy atom. The number of hydrogen-bond donors (Lipinski definition) is 3. The Hall–Kier alpha value is -0.460. The number of carbonyl (C=O) groups excluding carboxylic acids is 1. The van der Waals surface area contributed by atoms with Gasteiger partial charge in [-0.1, -0.05) is 96.8 Å². The summed E-state index contributed by atoms with van der Waals surface area (Å²) < 4.78 is 21.1. The van der Waals surface area contributed by atoms with Gasteiger partial charge in [0.1, 0.15) is 0 Å². The molecule has 0 radical (unpaired) electrons. The number of ether oxygens (including phenoxy) is 1. The molecule has 0 aromatic heterocycles. The first-order valence-electron chi connectivity index (χ1n) is 12.4. The zero-order valence-corrected chi connectivity index (χ0v) is 21.0. The van der Waals surface area contributed by atoms with Gasteiger partial charge < -0.3 is 19.8 Å². The zero-order valence-electron chi connectivity index (χ0n) is 20.2. The number of phosphoric ester groups is 1. The van der Waals surface area contributed by atoms with E-state index in [9.17, 15) is 9.36 Å². The van der Waals surface area contributed by atoms with Crippen LogP contribution in [0.2, 0.25) is 0 Å². The minimum absolute atomic E-state index is 0.278. The van der Waals surface area contributed by atoms with Crippen LogP contribution in [-0.4, -0.2) is 34.6 Å². The second kappa shape index (κ2) is 20.2. The smallest absolute Gasteiger partial charge is 0.374 e. The van der Waals surface area contributed by atoms with Crippen molar-refractivity contribution < 1.29 is 28.4 Å². The van der Waals surface area contributed by atoms with Gasteiger partial charge in [0.2, 0.25) is 5.91 Å². The van der Waals surface area contributed by atoms with Gasteiger partial charge in [-0.15, -0.1) is 0 Å². The summed E-state index contributed by atoms with van der Waals surface area (Å²) in [6.07, 6.45) is 17.4. The van der Waals surface area contributed by atoms with E-state index >= 15 is 0 Å². The topological polar surface area (TPSA) is 105 Å². The number of carbonyl (C=O) groups is 1. The van der Waals surface area contributed by atoms with Gasteiger partial charge in [0.05, 0.1) is 6.10 Å². The maximum Gasteiger partial charge on any atom is 0.471 e. The summed E-state index contributed by atoms with van der Waals surface area (Å²) in [4.78, 5) is 30.1. The third kappa shape index (κ3) is 21.2. The molecule has 2 unspecified atom stereocenters. The Morgan fingerprint density at radius 1 is 0.806 bits per heavy atom. The highest BCUT2D eigenvalue weighted by atomic mass is 31.2. The lowest BCUT2D eigenvalue weighted by Gasteiger charge is -2.25. The average molecular weight is 466 g/mol. The van der Waals surface area contributed by atoms with Crippen LogP contribution in [0.25, 0.3) is 0 Å². The molecule has 31 heavy (non-hydrogen) atoms. The number of phosphoric acid groups is 1. The number of nitrogens with one attached hydrogen (secondary N) is 1. The van der Waals surface area contributed by atoms with E-state index in [2.05, 4.69) is 16.8 Å². The average Bonchev–Trinajstić information content (AvgIpc) is 2.69. The highest BCUT2D eigenvalue weighted by molar-refractivity contribution is 7.46. The van der Waals surface area contributed by atoms with Gasteiger partial charge in [0.15, 0.2) is 6.23 Å². The van der Waals surface area contributed by atoms with Crippen molar-refractivity contribution in [1.82, 2.24) is 5.32 Å². The fourth-order valence-electron chi connectivity index (χ4n) is 3.62. The largest absolute Gasteiger partial charge is 0.471 e. The van der Waals surface area contributed by atoms with Crippen molar-refractivity contribution in [2.75, 3.05) is 6.61 Å². The van der Waals surface area contributed by atoms with Crippen molar-refractivity contribution in [3.8, 4) is 0 Å². The van der Waals surface area contributed by atoms with Gasteiger partial charge in [-0.2, -0.15) is 0 Å². The molecule has 0 fully saturated rings. The molecule has 3 N–H and O–H groups in total. The van der Waals surface area contributed by atoms with E-state index in [4.69, 9.17) is 14.5 Å². The third-order valence-electron chi connectivity index (χ3n) is 5.42. The maximum absolute atomic E-state index is 12.1. The van der Waals surface area contributed by atoms with E-state index in [0.717, 1.165) is 19.3 Å². The van der Waals surface area contributed by atoms with Crippen molar-refractivity contribution in [2.24, 2.45) is 0 Å². The second-order valence-electron chi connectivity index (χ2n) is 8.44. The lowest BCUT2D eigenvalue weighted by Crippen LogP contribution is -2.44. The molecule has 7 nitrogen and oxygen atoms in total. The Labute approximate surface area is 190 Å². The van der Waals surface area contributed by atoms with Crippen LogP contribution in [0.4, 0.5) is 0 Å². The van der Waals surface area contributed by atoms with Crippen molar-refractivity contribution in [3.05, 3.63) is 0 Å². The number of amides is 1. The molecule has 0 heterocycles. The Balaban J connectivity index is 3.66. The molecule has 0 aromatic carbocycles. The van der Waals surface area contributed by atoms with Crippen molar-refractivity contribution >= 4 is 13.7 Å². The number of hydrogen-bond acceptors (Lipinski definition) is 4. The van der Waals surface area contributed by atoms with E-state index in [1.807, 2.05) is 0 Å². The summed E-state index contributed by atoms with van der Waals surface area (Å²) in [7, 11) is -4.71. The third-order valence-corrected chi connectivity index (χ3v) is 5.92. The number of rotatable bonds is 22. The van der Waals surface area contributed by atoms with E-state index < -0.39 is 20.2 Å². The minimum atomic E-state index is -4.71. The summed E-state index contributed by atoms with van der Waals surface area (Å²) in [5.74, 6) is -0.278. The van der Waals surface area contributed by atoms with Crippen LogP contribution in [-0.2, 0) is 18.6 Å². The minimum Gasteiger partial charge on any atom is -0.374 e. The molecule has 0 aromatic rings. The lowest BCUT2D eigenvalue weighted by atomic mass is 10.0. The second-order valence-corrected chi connectivity index (χ2v) is 9.64. The van der Waals surface area contributed by atoms with Gasteiger partial charge >= 0.3 is 7.82 Å². The van der Waals surface area contributed by atoms with Crippen LogP contribution in [0, 0.1) is 0 Å². The SMILES string of the molecule is CCCCCCCCCCCCCCCCCC(=O)NC(OP(=O)(O)O)C(C)OCC. The van der Waals surface area contributed by atoms with Gasteiger partial charge in [-0.3, -0.25) is 9.32 Å². The Bertz CT molecular complexity index is 471. The molecule has 0 rings (SSSR count). The molecule has 0 saturated carbocycles. The summed E-state index contributed by atoms with van der Waals surface area (Å²) in [6, 6.07) is 0. The molecule has 0 bridgehead atoms. The van der Waals surface area contributed by atoms with Crippen LogP contribution >= 0.6 is 7.82 Å². The molecule has 0 aliphatic carbocycles. The normalized spacial score (nSPS) is 13.8. The first-order chi connectivity index (χ1) is 14.8. The highest BCUT2D eigenvalue weighted by Crippen LogP contribution is 2.38. The van der Waals surface area contributed by atoms with Crippen LogP contribution < -0.4 is 5.32 Å². The fraction of sp³-hybridized carbons (Fsp3) is 0.957. The van der Waals surface area contributed by atoms with Gasteiger partial charge in [-0.25, -0.2) is 4.57 Å². The molecular formula is C23H48NO6P. The summed E-state index contributed by atoms with van der Waals surface area (Å²) >= 11 is 0. The molecule has 0 saturated heterocycles. The lowest BCUT2D eigenvalue weighted by molar-refractivity contribution is -0.127. The van der Waals surface area contributed by atoms with Crippen LogP contribution in [0.1, 0.15) is 124 Å². The Kier molecular flexibility index (Phi) is 19.9. The first-order valence-corrected chi connectivity index (χ1v) is 14.0. The van der Waals surface area contributed by atoms with E-state index in [0.29, 0.717) is 13.0 Å². The zero-order chi connectivity index (χ0) is 23.4. The van der Waals surface area contributed by atoms with Crippen molar-refractivity contribution in [1.29, 1.82) is 0 Å². The first kappa shape index (κ1) is 30.5. The predicted molar refractivity (Wildman–Crippen MR) is 126 cm³/mol. The molecule has 8 heteroatoms. The van der Waals surface area contributed by atoms with Crippen LogP contribution in [0.3, 0.4) is 0 Å². The van der Waals surface area contributed by atoms with Gasteiger partial charge in [-0.05, 0) is 20.3 Å². The highest BCUT2D eigenvalue weighted by Gasteiger charge is 2.28. The molecule has 0 aliphatic rings. The van der Waals surface area contributed by atoms with Crippen molar-refractivity contribution in [3.63, 3.8) is 0 Å². The molecule has 2 atom stereocenters. The van der Waals surface area contributed by atoms with Crippen molar-refractivity contribution in [2.45, 2.75) is 136 Å². The molecule has 1 amide bonds. The van der Waals surface area contributed by atoms with Crippen LogP contribution in [0.5, 0.6) is 0 Å². The molecular weight excluding hydrogens is 417 g/mol. The fourth-order valence-corrected chi connectivity index (χ4v) is 4.14. The van der Waals surface area contributed by atoms with E-state index in [1.165, 1.54) is 77.0 Å². The van der Waals surface area contributed by atoms with Crippen LogP contribution in [0.15, 0.2) is 0 Å². The van der Waals surface area contributed by atoms with Gasteiger partial charge in [0, 0.05) is 13.0 Å². The molecule has 0 spiro atoms. The standard InChI is InChI=1S/C23H48NO6P/c1-4-6-7-8-9-10-11-12-13-14-15-16-17-18-19-20-22(25)24-23(21(3)29-5-2)30-31(26,27)28/h21,23H,4-20H2,1-3H3,(H,24,25)(H2,26,27,28).